The number of allylic oxidation sites excluding steroid dienone is 1. The Balaban J connectivity index is 2.22. The zero-order valence-electron chi connectivity index (χ0n) is 8.75. The Morgan fingerprint density at radius 3 is 3.00 bits per heavy atom. The number of amides is 1. The van der Waals surface area contributed by atoms with E-state index in [0.717, 1.165) is 12.8 Å². The molecule has 0 spiro atoms. The maximum Gasteiger partial charge on any atom is 0.224 e. The first-order chi connectivity index (χ1) is 6.68. The van der Waals surface area contributed by atoms with Crippen molar-refractivity contribution in [2.75, 3.05) is 6.54 Å². The lowest BCUT2D eigenvalue weighted by Gasteiger charge is -2.13. The van der Waals surface area contributed by atoms with E-state index >= 15 is 0 Å². The zero-order chi connectivity index (χ0) is 10.4. The van der Waals surface area contributed by atoms with Gasteiger partial charge in [-0.15, -0.1) is 0 Å². The lowest BCUT2D eigenvalue weighted by Crippen LogP contribution is -2.30. The summed E-state index contributed by atoms with van der Waals surface area (Å²) in [4.78, 5) is 11.4. The molecule has 3 nitrogen and oxygen atoms in total. The average Bonchev–Trinajstić information content (AvgIpc) is 2.16. The SMILES string of the molecule is CC(O)CNC(=O)CC1=CCCCC1. The van der Waals surface area contributed by atoms with Crippen LogP contribution in [0.2, 0.25) is 0 Å². The van der Waals surface area contributed by atoms with Crippen molar-refractivity contribution in [2.45, 2.75) is 45.1 Å². The molecule has 0 aromatic rings. The van der Waals surface area contributed by atoms with Gasteiger partial charge in [-0.3, -0.25) is 4.79 Å². The summed E-state index contributed by atoms with van der Waals surface area (Å²) in [5, 5.41) is 11.7. The van der Waals surface area contributed by atoms with Gasteiger partial charge < -0.3 is 10.4 Å². The molecule has 1 aliphatic carbocycles. The number of rotatable bonds is 4. The number of carbonyl (C=O) groups is 1. The van der Waals surface area contributed by atoms with Crippen LogP contribution in [-0.2, 0) is 4.79 Å². The number of aliphatic hydroxyl groups is 1. The molecule has 2 N–H and O–H groups in total. The van der Waals surface area contributed by atoms with Crippen molar-refractivity contribution in [1.29, 1.82) is 0 Å². The zero-order valence-corrected chi connectivity index (χ0v) is 8.75. The lowest BCUT2D eigenvalue weighted by molar-refractivity contribution is -0.120. The molecular weight excluding hydrogens is 178 g/mol. The summed E-state index contributed by atoms with van der Waals surface area (Å²) in [7, 11) is 0. The smallest absolute Gasteiger partial charge is 0.224 e. The summed E-state index contributed by atoms with van der Waals surface area (Å²) in [5.74, 6) is 0.0269. The molecule has 0 aliphatic heterocycles. The van der Waals surface area contributed by atoms with Crippen molar-refractivity contribution in [2.24, 2.45) is 0 Å². The Morgan fingerprint density at radius 2 is 2.43 bits per heavy atom. The number of hydrogen-bond donors (Lipinski definition) is 2. The number of aliphatic hydroxyl groups excluding tert-OH is 1. The molecule has 80 valence electrons. The van der Waals surface area contributed by atoms with Gasteiger partial charge in [0, 0.05) is 13.0 Å². The molecule has 0 saturated carbocycles. The van der Waals surface area contributed by atoms with E-state index in [9.17, 15) is 4.79 Å². The third-order valence-corrected chi connectivity index (χ3v) is 2.37. The molecule has 0 saturated heterocycles. The predicted octanol–water partition coefficient (Wildman–Crippen LogP) is 1.37. The largest absolute Gasteiger partial charge is 0.392 e. The summed E-state index contributed by atoms with van der Waals surface area (Å²) in [6.45, 7) is 2.02. The summed E-state index contributed by atoms with van der Waals surface area (Å²) >= 11 is 0. The second-order valence-electron chi connectivity index (χ2n) is 3.94. The Bertz CT molecular complexity index is 221. The van der Waals surface area contributed by atoms with Crippen molar-refractivity contribution >= 4 is 5.91 Å². The van der Waals surface area contributed by atoms with Crippen LogP contribution in [0.15, 0.2) is 11.6 Å². The fourth-order valence-electron chi connectivity index (χ4n) is 1.60. The fraction of sp³-hybridized carbons (Fsp3) is 0.727. The molecule has 0 heterocycles. The van der Waals surface area contributed by atoms with Crippen LogP contribution in [0, 0.1) is 0 Å². The lowest BCUT2D eigenvalue weighted by atomic mass is 9.97. The minimum absolute atomic E-state index is 0.0269. The highest BCUT2D eigenvalue weighted by Crippen LogP contribution is 2.19. The minimum atomic E-state index is -0.459. The summed E-state index contributed by atoms with van der Waals surface area (Å²) < 4.78 is 0. The molecule has 1 unspecified atom stereocenters. The first kappa shape index (κ1) is 11.2. The molecule has 0 bridgehead atoms. The van der Waals surface area contributed by atoms with Gasteiger partial charge in [0.1, 0.15) is 0 Å². The predicted molar refractivity (Wildman–Crippen MR) is 55.9 cm³/mol. The molecule has 1 atom stereocenters. The van der Waals surface area contributed by atoms with Gasteiger partial charge in [-0.1, -0.05) is 11.6 Å². The molecule has 1 amide bonds. The number of nitrogens with one attached hydrogen (secondary N) is 1. The van der Waals surface area contributed by atoms with Crippen molar-refractivity contribution in [3.63, 3.8) is 0 Å². The average molecular weight is 197 g/mol. The van der Waals surface area contributed by atoms with Crippen LogP contribution in [0.4, 0.5) is 0 Å². The number of hydrogen-bond acceptors (Lipinski definition) is 2. The van der Waals surface area contributed by atoms with E-state index in [4.69, 9.17) is 5.11 Å². The standard InChI is InChI=1S/C11H19NO2/c1-9(13)8-12-11(14)7-10-5-3-2-4-6-10/h5,9,13H,2-4,6-8H2,1H3,(H,12,14). The van der Waals surface area contributed by atoms with Gasteiger partial charge in [0.05, 0.1) is 6.10 Å². The normalized spacial score (nSPS) is 18.6. The molecule has 3 heteroatoms. The third kappa shape index (κ3) is 4.42. The quantitative estimate of drug-likeness (QED) is 0.669. The van der Waals surface area contributed by atoms with Crippen LogP contribution in [-0.4, -0.2) is 23.7 Å². The van der Waals surface area contributed by atoms with Crippen LogP contribution in [0.5, 0.6) is 0 Å². The van der Waals surface area contributed by atoms with E-state index in [1.54, 1.807) is 6.92 Å². The molecule has 14 heavy (non-hydrogen) atoms. The van der Waals surface area contributed by atoms with E-state index in [-0.39, 0.29) is 5.91 Å². The third-order valence-electron chi connectivity index (χ3n) is 2.37. The van der Waals surface area contributed by atoms with Gasteiger partial charge in [-0.25, -0.2) is 0 Å². The van der Waals surface area contributed by atoms with Gasteiger partial charge in [-0.05, 0) is 32.6 Å². The van der Waals surface area contributed by atoms with Gasteiger partial charge >= 0.3 is 0 Å². The van der Waals surface area contributed by atoms with Crippen LogP contribution in [0.25, 0.3) is 0 Å². The van der Waals surface area contributed by atoms with Crippen molar-refractivity contribution < 1.29 is 9.90 Å². The van der Waals surface area contributed by atoms with Gasteiger partial charge in [-0.2, -0.15) is 0 Å². The second-order valence-corrected chi connectivity index (χ2v) is 3.94. The van der Waals surface area contributed by atoms with Crippen molar-refractivity contribution in [3.8, 4) is 0 Å². The van der Waals surface area contributed by atoms with Gasteiger partial charge in [0.2, 0.25) is 5.91 Å². The fourth-order valence-corrected chi connectivity index (χ4v) is 1.60. The van der Waals surface area contributed by atoms with E-state index in [0.29, 0.717) is 13.0 Å². The van der Waals surface area contributed by atoms with E-state index in [1.807, 2.05) is 0 Å². The van der Waals surface area contributed by atoms with E-state index in [2.05, 4.69) is 11.4 Å². The van der Waals surface area contributed by atoms with Crippen LogP contribution >= 0.6 is 0 Å². The maximum absolute atomic E-state index is 11.4. The highest BCUT2D eigenvalue weighted by Gasteiger charge is 2.08. The number of carbonyl (C=O) groups excluding carboxylic acids is 1. The summed E-state index contributed by atoms with van der Waals surface area (Å²) in [6, 6.07) is 0. The van der Waals surface area contributed by atoms with Crippen LogP contribution in [0.1, 0.15) is 39.0 Å². The highest BCUT2D eigenvalue weighted by atomic mass is 16.3. The first-order valence-electron chi connectivity index (χ1n) is 5.31. The Hall–Kier alpha value is -0.830. The Morgan fingerprint density at radius 1 is 1.64 bits per heavy atom. The van der Waals surface area contributed by atoms with Crippen molar-refractivity contribution in [3.05, 3.63) is 11.6 Å². The monoisotopic (exact) mass is 197 g/mol. The molecular formula is C11H19NO2. The second kappa shape index (κ2) is 5.81. The molecule has 0 aromatic heterocycles. The molecule has 1 aliphatic rings. The van der Waals surface area contributed by atoms with Gasteiger partial charge in [0.25, 0.3) is 0 Å². The van der Waals surface area contributed by atoms with E-state index in [1.165, 1.54) is 18.4 Å². The summed E-state index contributed by atoms with van der Waals surface area (Å²) in [6.07, 6.45) is 6.84. The molecule has 0 radical (unpaired) electrons. The van der Waals surface area contributed by atoms with Crippen LogP contribution < -0.4 is 5.32 Å². The maximum atomic E-state index is 11.4. The highest BCUT2D eigenvalue weighted by molar-refractivity contribution is 5.78. The topological polar surface area (TPSA) is 49.3 Å². The van der Waals surface area contributed by atoms with Crippen LogP contribution in [0.3, 0.4) is 0 Å². The Labute approximate surface area is 85.2 Å². The van der Waals surface area contributed by atoms with E-state index < -0.39 is 6.10 Å². The van der Waals surface area contributed by atoms with Gasteiger partial charge in [0.15, 0.2) is 0 Å². The molecule has 0 fully saturated rings. The molecule has 1 rings (SSSR count). The Kier molecular flexibility index (Phi) is 4.66. The summed E-state index contributed by atoms with van der Waals surface area (Å²) in [5.41, 5.74) is 1.25. The molecule has 0 aromatic carbocycles. The van der Waals surface area contributed by atoms with Crippen molar-refractivity contribution in [1.82, 2.24) is 5.32 Å². The minimum Gasteiger partial charge on any atom is -0.392 e. The first-order valence-corrected chi connectivity index (χ1v) is 5.31.